The molecule has 5 nitrogen and oxygen atoms in total. The summed E-state index contributed by atoms with van der Waals surface area (Å²) in [7, 11) is -1.93. The third-order valence-corrected chi connectivity index (χ3v) is 8.02. The topological polar surface area (TPSA) is 72.5 Å². The minimum atomic E-state index is -3.60. The summed E-state index contributed by atoms with van der Waals surface area (Å²) in [6.07, 6.45) is 3.45. The number of carbonyl (C=O) groups excluding carboxylic acids is 1. The molecule has 0 saturated carbocycles. The lowest BCUT2D eigenvalue weighted by Crippen LogP contribution is -2.32. The van der Waals surface area contributed by atoms with Gasteiger partial charge in [0.15, 0.2) is 0 Å². The van der Waals surface area contributed by atoms with Gasteiger partial charge in [-0.3, -0.25) is 4.79 Å². The first-order valence-corrected chi connectivity index (χ1v) is 14.7. The summed E-state index contributed by atoms with van der Waals surface area (Å²) >= 11 is 1.79. The average molecular weight is 512 g/mol. The summed E-state index contributed by atoms with van der Waals surface area (Å²) in [5, 5.41) is 0. The molecule has 0 aliphatic heterocycles. The maximum Gasteiger partial charge on any atom is 0.264 e. The van der Waals surface area contributed by atoms with E-state index >= 15 is 0 Å². The monoisotopic (exact) mass is 511 g/mol. The van der Waals surface area contributed by atoms with E-state index in [1.165, 1.54) is 5.56 Å². The van der Waals surface area contributed by atoms with Crippen molar-refractivity contribution >= 4 is 27.7 Å². The Morgan fingerprint density at radius 1 is 0.857 bits per heavy atom. The van der Waals surface area contributed by atoms with Crippen molar-refractivity contribution in [3.05, 3.63) is 89.5 Å². The fourth-order valence-electron chi connectivity index (χ4n) is 3.61. The molecule has 3 rings (SSSR count). The number of sulfonamides is 1. The molecule has 0 radical (unpaired) electrons. The lowest BCUT2D eigenvalue weighted by Gasteiger charge is -2.08. The van der Waals surface area contributed by atoms with Gasteiger partial charge in [0.2, 0.25) is 10.0 Å². The first kappa shape index (κ1) is 26.8. The third-order valence-electron chi connectivity index (χ3n) is 5.63. The summed E-state index contributed by atoms with van der Waals surface area (Å²) in [4.78, 5) is 12.3. The van der Waals surface area contributed by atoms with Crippen molar-refractivity contribution in [3.63, 3.8) is 0 Å². The number of hydrogen-bond donors (Lipinski definition) is 1. The standard InChI is InChI=1S/C28H33NO4S2/c1-3-4-5-6-18-35(31,32)29-28(30)25-16-12-23(13-17-25)21-34-20-22-10-14-24(15-11-22)26-8-7-9-27(19-26)33-2/h7-17,19H,3-6,18,20-21H2,1-2H3,(H,29,30). The fourth-order valence-corrected chi connectivity index (χ4v) is 5.65. The van der Waals surface area contributed by atoms with Gasteiger partial charge in [0.25, 0.3) is 5.91 Å². The molecule has 1 N–H and O–H groups in total. The van der Waals surface area contributed by atoms with E-state index in [9.17, 15) is 13.2 Å². The van der Waals surface area contributed by atoms with Crippen molar-refractivity contribution in [1.82, 2.24) is 4.72 Å². The van der Waals surface area contributed by atoms with Gasteiger partial charge >= 0.3 is 0 Å². The van der Waals surface area contributed by atoms with Gasteiger partial charge < -0.3 is 4.74 Å². The number of carbonyl (C=O) groups is 1. The van der Waals surface area contributed by atoms with Crippen molar-refractivity contribution in [3.8, 4) is 16.9 Å². The third kappa shape index (κ3) is 8.75. The van der Waals surface area contributed by atoms with E-state index in [4.69, 9.17) is 4.74 Å². The molecule has 7 heteroatoms. The number of nitrogens with one attached hydrogen (secondary N) is 1. The van der Waals surface area contributed by atoms with E-state index in [1.54, 1.807) is 31.0 Å². The molecule has 0 aromatic heterocycles. The Kier molecular flexibility index (Phi) is 10.2. The minimum Gasteiger partial charge on any atom is -0.497 e. The molecule has 0 atom stereocenters. The molecule has 0 heterocycles. The Hall–Kier alpha value is -2.77. The van der Waals surface area contributed by atoms with Crippen LogP contribution in [0.25, 0.3) is 11.1 Å². The number of benzene rings is 3. The summed E-state index contributed by atoms with van der Waals surface area (Å²) in [6, 6.07) is 23.6. The second-order valence-corrected chi connectivity index (χ2v) is 11.3. The van der Waals surface area contributed by atoms with E-state index in [0.29, 0.717) is 12.0 Å². The Bertz CT molecular complexity index is 1190. The molecule has 0 bridgehead atoms. The lowest BCUT2D eigenvalue weighted by molar-refractivity contribution is 0.0981. The lowest BCUT2D eigenvalue weighted by atomic mass is 10.0. The molecule has 0 spiro atoms. The van der Waals surface area contributed by atoms with E-state index in [-0.39, 0.29) is 5.75 Å². The van der Waals surface area contributed by atoms with Gasteiger partial charge in [-0.1, -0.05) is 74.7 Å². The fraction of sp³-hybridized carbons (Fsp3) is 0.321. The van der Waals surface area contributed by atoms with Gasteiger partial charge in [-0.25, -0.2) is 13.1 Å². The molecule has 0 fully saturated rings. The number of hydrogen-bond acceptors (Lipinski definition) is 5. The van der Waals surface area contributed by atoms with Crippen molar-refractivity contribution in [2.24, 2.45) is 0 Å². The molecule has 0 unspecified atom stereocenters. The number of unbranched alkanes of at least 4 members (excludes halogenated alkanes) is 3. The van der Waals surface area contributed by atoms with Crippen LogP contribution >= 0.6 is 11.8 Å². The number of ether oxygens (including phenoxy) is 1. The second kappa shape index (κ2) is 13.4. The first-order chi connectivity index (χ1) is 16.9. The van der Waals surface area contributed by atoms with Crippen LogP contribution in [-0.2, 0) is 21.5 Å². The molecular formula is C28H33NO4S2. The molecule has 1 amide bonds. The second-order valence-electron chi connectivity index (χ2n) is 8.43. The molecular weight excluding hydrogens is 478 g/mol. The highest BCUT2D eigenvalue weighted by molar-refractivity contribution is 7.97. The predicted molar refractivity (Wildman–Crippen MR) is 145 cm³/mol. The van der Waals surface area contributed by atoms with E-state index in [0.717, 1.165) is 53.2 Å². The SMILES string of the molecule is CCCCCCS(=O)(=O)NC(=O)c1ccc(CSCc2ccc(-c3cccc(OC)c3)cc2)cc1. The van der Waals surface area contributed by atoms with E-state index < -0.39 is 15.9 Å². The number of rotatable bonds is 13. The van der Waals surface area contributed by atoms with Gasteiger partial charge in [0, 0.05) is 17.1 Å². The number of amides is 1. The number of thioether (sulfide) groups is 1. The van der Waals surface area contributed by atoms with Crippen molar-refractivity contribution < 1.29 is 17.9 Å². The zero-order valence-electron chi connectivity index (χ0n) is 20.3. The highest BCUT2D eigenvalue weighted by atomic mass is 32.2. The quantitative estimate of drug-likeness (QED) is 0.268. The highest BCUT2D eigenvalue weighted by Gasteiger charge is 2.15. The van der Waals surface area contributed by atoms with Crippen LogP contribution in [0.4, 0.5) is 0 Å². The van der Waals surface area contributed by atoms with E-state index in [1.807, 2.05) is 30.3 Å². The van der Waals surface area contributed by atoms with Gasteiger partial charge in [-0.2, -0.15) is 11.8 Å². The van der Waals surface area contributed by atoms with Crippen LogP contribution in [0, 0.1) is 0 Å². The van der Waals surface area contributed by atoms with Crippen LogP contribution in [0.15, 0.2) is 72.8 Å². The van der Waals surface area contributed by atoms with Crippen LogP contribution in [-0.4, -0.2) is 27.2 Å². The Labute approximate surface area is 213 Å². The highest BCUT2D eigenvalue weighted by Crippen LogP contribution is 2.25. The maximum atomic E-state index is 12.3. The maximum absolute atomic E-state index is 12.3. The molecule has 35 heavy (non-hydrogen) atoms. The normalized spacial score (nSPS) is 11.3. The molecule has 3 aromatic carbocycles. The molecule has 0 aliphatic carbocycles. The molecule has 0 aliphatic rings. The van der Waals surface area contributed by atoms with Gasteiger partial charge in [-0.05, 0) is 52.9 Å². The average Bonchev–Trinajstić information content (AvgIpc) is 2.87. The van der Waals surface area contributed by atoms with E-state index in [2.05, 4.69) is 42.0 Å². The Balaban J connectivity index is 1.46. The molecule has 0 saturated heterocycles. The van der Waals surface area contributed by atoms with Crippen molar-refractivity contribution in [1.29, 1.82) is 0 Å². The smallest absolute Gasteiger partial charge is 0.264 e. The van der Waals surface area contributed by atoms with Gasteiger partial charge in [0.1, 0.15) is 5.75 Å². The van der Waals surface area contributed by atoms with Crippen LogP contribution in [0.5, 0.6) is 5.75 Å². The van der Waals surface area contributed by atoms with Gasteiger partial charge in [-0.15, -0.1) is 0 Å². The van der Waals surface area contributed by atoms with Crippen LogP contribution < -0.4 is 9.46 Å². The molecule has 3 aromatic rings. The largest absolute Gasteiger partial charge is 0.497 e. The summed E-state index contributed by atoms with van der Waals surface area (Å²) in [6.45, 7) is 2.07. The molecule has 186 valence electrons. The zero-order valence-corrected chi connectivity index (χ0v) is 22.0. The number of methoxy groups -OCH3 is 1. The zero-order chi connectivity index (χ0) is 25.1. The van der Waals surface area contributed by atoms with Gasteiger partial charge in [0.05, 0.1) is 12.9 Å². The van der Waals surface area contributed by atoms with Crippen molar-refractivity contribution in [2.75, 3.05) is 12.9 Å². The van der Waals surface area contributed by atoms with Crippen molar-refractivity contribution in [2.45, 2.75) is 44.1 Å². The summed E-state index contributed by atoms with van der Waals surface area (Å²) in [5.41, 5.74) is 4.94. The van der Waals surface area contributed by atoms with Crippen LogP contribution in [0.1, 0.15) is 54.1 Å². The Morgan fingerprint density at radius 3 is 2.14 bits per heavy atom. The van der Waals surface area contributed by atoms with Crippen LogP contribution in [0.3, 0.4) is 0 Å². The minimum absolute atomic E-state index is 0.0199. The Morgan fingerprint density at radius 2 is 1.51 bits per heavy atom. The predicted octanol–water partition coefficient (Wildman–Crippen LogP) is 6.44. The van der Waals surface area contributed by atoms with Crippen LogP contribution in [0.2, 0.25) is 0 Å². The first-order valence-electron chi connectivity index (χ1n) is 11.8. The summed E-state index contributed by atoms with van der Waals surface area (Å²) < 4.78 is 31.7. The summed E-state index contributed by atoms with van der Waals surface area (Å²) in [5.74, 6) is 1.92.